The second-order valence-corrected chi connectivity index (χ2v) is 3.14. The van der Waals surface area contributed by atoms with Crippen LogP contribution in [0.1, 0.15) is 26.2 Å². The van der Waals surface area contributed by atoms with Crippen LogP contribution in [0.2, 0.25) is 0 Å². The number of halogens is 1. The minimum absolute atomic E-state index is 0. The summed E-state index contributed by atoms with van der Waals surface area (Å²) in [5.41, 5.74) is 0. The molecule has 80 valence electrons. The second-order valence-electron chi connectivity index (χ2n) is 3.14. The van der Waals surface area contributed by atoms with Crippen LogP contribution in [0.4, 0.5) is 0 Å². The predicted molar refractivity (Wildman–Crippen MR) is 59.3 cm³/mol. The first-order valence-corrected chi connectivity index (χ1v) is 4.35. The van der Waals surface area contributed by atoms with Gasteiger partial charge in [-0.1, -0.05) is 6.92 Å². The zero-order chi connectivity index (χ0) is 9.56. The van der Waals surface area contributed by atoms with Crippen molar-refractivity contribution in [1.29, 1.82) is 0 Å². The summed E-state index contributed by atoms with van der Waals surface area (Å²) in [6.07, 6.45) is 2.48. The molecule has 0 aliphatic carbocycles. The second kappa shape index (κ2) is 8.51. The molecule has 0 aliphatic heterocycles. The molecule has 0 radical (unpaired) electrons. The van der Waals surface area contributed by atoms with E-state index in [0.717, 1.165) is 12.8 Å². The third kappa shape index (κ3) is 7.02. The van der Waals surface area contributed by atoms with Crippen LogP contribution in [-0.4, -0.2) is 38.1 Å². The summed E-state index contributed by atoms with van der Waals surface area (Å²) in [5, 5.41) is 0. The van der Waals surface area contributed by atoms with Gasteiger partial charge in [0.25, 0.3) is 0 Å². The summed E-state index contributed by atoms with van der Waals surface area (Å²) in [5.74, 6) is -0.115. The third-order valence-electron chi connectivity index (χ3n) is 2.11. The zero-order valence-electron chi connectivity index (χ0n) is 8.87. The van der Waals surface area contributed by atoms with Crippen molar-refractivity contribution < 1.29 is 9.53 Å². The van der Waals surface area contributed by atoms with E-state index in [-0.39, 0.29) is 23.0 Å². The quantitative estimate of drug-likeness (QED) is 0.701. The topological polar surface area (TPSA) is 29.5 Å². The van der Waals surface area contributed by atoms with Crippen LogP contribution in [0.5, 0.6) is 0 Å². The fourth-order valence-corrected chi connectivity index (χ4v) is 1.21. The Morgan fingerprint density at radius 1 is 1.46 bits per heavy atom. The lowest BCUT2D eigenvalue weighted by Crippen LogP contribution is -2.27. The van der Waals surface area contributed by atoms with Crippen molar-refractivity contribution in [2.75, 3.05) is 21.2 Å². The zero-order valence-corrected chi connectivity index (χ0v) is 10.6. The number of carbonyl (C=O) groups is 1. The maximum atomic E-state index is 10.8. The Labute approximate surface area is 91.2 Å². The molecule has 4 heteroatoms. The van der Waals surface area contributed by atoms with Crippen LogP contribution >= 0.6 is 17.0 Å². The molecule has 0 bridgehead atoms. The maximum Gasteiger partial charge on any atom is 0.305 e. The lowest BCUT2D eigenvalue weighted by Gasteiger charge is -2.21. The highest BCUT2D eigenvalue weighted by Gasteiger charge is 2.10. The van der Waals surface area contributed by atoms with Crippen molar-refractivity contribution in [3.05, 3.63) is 0 Å². The van der Waals surface area contributed by atoms with Gasteiger partial charge in [-0.15, -0.1) is 17.0 Å². The van der Waals surface area contributed by atoms with Gasteiger partial charge in [0.15, 0.2) is 0 Å². The van der Waals surface area contributed by atoms with Gasteiger partial charge in [0.1, 0.15) is 0 Å². The Morgan fingerprint density at radius 3 is 2.31 bits per heavy atom. The molecular formula is C9H20BrNO2. The summed E-state index contributed by atoms with van der Waals surface area (Å²) in [4.78, 5) is 13.0. The summed E-state index contributed by atoms with van der Waals surface area (Å²) >= 11 is 0. The average molecular weight is 254 g/mol. The normalized spacial score (nSPS) is 12.1. The van der Waals surface area contributed by atoms with Gasteiger partial charge >= 0.3 is 5.97 Å². The Hall–Kier alpha value is -0.0900. The van der Waals surface area contributed by atoms with E-state index in [2.05, 4.69) is 16.6 Å². The molecule has 0 aromatic carbocycles. The van der Waals surface area contributed by atoms with Crippen molar-refractivity contribution in [2.45, 2.75) is 32.2 Å². The lowest BCUT2D eigenvalue weighted by atomic mass is 10.1. The minimum Gasteiger partial charge on any atom is -0.469 e. The standard InChI is InChI=1S/C9H19NO2.BrH/c1-5-8(10(2)3)6-7-9(11)12-4;/h8H,5-7H2,1-4H3;1H. The lowest BCUT2D eigenvalue weighted by molar-refractivity contribution is -0.141. The highest BCUT2D eigenvalue weighted by atomic mass is 79.9. The molecule has 0 aromatic rings. The summed E-state index contributed by atoms with van der Waals surface area (Å²) in [6, 6.07) is 0.490. The SMILES string of the molecule is Br.CCC(CCC(=O)OC)N(C)C. The molecule has 0 N–H and O–H groups in total. The molecular weight excluding hydrogens is 234 g/mol. The molecule has 0 aliphatic rings. The van der Waals surface area contributed by atoms with Gasteiger partial charge < -0.3 is 9.64 Å². The van der Waals surface area contributed by atoms with Gasteiger partial charge in [-0.3, -0.25) is 4.79 Å². The van der Waals surface area contributed by atoms with Crippen molar-refractivity contribution >= 4 is 23.0 Å². The van der Waals surface area contributed by atoms with Crippen LogP contribution in [0.15, 0.2) is 0 Å². The molecule has 0 amide bonds. The number of esters is 1. The van der Waals surface area contributed by atoms with E-state index in [4.69, 9.17) is 0 Å². The maximum absolute atomic E-state index is 10.8. The predicted octanol–water partition coefficient (Wildman–Crippen LogP) is 1.86. The van der Waals surface area contributed by atoms with Gasteiger partial charge in [0.2, 0.25) is 0 Å². The fourth-order valence-electron chi connectivity index (χ4n) is 1.21. The number of methoxy groups -OCH3 is 1. The minimum atomic E-state index is -0.115. The number of rotatable bonds is 5. The van der Waals surface area contributed by atoms with E-state index in [1.54, 1.807) is 0 Å². The molecule has 0 spiro atoms. The van der Waals surface area contributed by atoms with Crippen LogP contribution in [-0.2, 0) is 9.53 Å². The molecule has 13 heavy (non-hydrogen) atoms. The van der Waals surface area contributed by atoms with E-state index < -0.39 is 0 Å². The summed E-state index contributed by atoms with van der Waals surface area (Å²) in [7, 11) is 5.50. The van der Waals surface area contributed by atoms with Crippen LogP contribution in [0.25, 0.3) is 0 Å². The first-order valence-electron chi connectivity index (χ1n) is 4.35. The first-order chi connectivity index (χ1) is 5.61. The van der Waals surface area contributed by atoms with E-state index in [0.29, 0.717) is 12.5 Å². The molecule has 0 aromatic heterocycles. The van der Waals surface area contributed by atoms with E-state index in [9.17, 15) is 4.79 Å². The van der Waals surface area contributed by atoms with Crippen LogP contribution < -0.4 is 0 Å². The number of ether oxygens (including phenoxy) is 1. The molecule has 3 nitrogen and oxygen atoms in total. The average Bonchev–Trinajstić information content (AvgIpc) is 2.04. The molecule has 0 saturated heterocycles. The molecule has 0 rings (SSSR count). The van der Waals surface area contributed by atoms with Crippen LogP contribution in [0.3, 0.4) is 0 Å². The number of carbonyl (C=O) groups excluding carboxylic acids is 1. The molecule has 0 saturated carbocycles. The van der Waals surface area contributed by atoms with Gasteiger partial charge in [0, 0.05) is 12.5 Å². The Bertz CT molecular complexity index is 140. The van der Waals surface area contributed by atoms with Crippen molar-refractivity contribution in [3.8, 4) is 0 Å². The van der Waals surface area contributed by atoms with Gasteiger partial charge in [0.05, 0.1) is 7.11 Å². The monoisotopic (exact) mass is 253 g/mol. The van der Waals surface area contributed by atoms with Crippen LogP contribution in [0, 0.1) is 0 Å². The van der Waals surface area contributed by atoms with Crippen molar-refractivity contribution in [1.82, 2.24) is 4.90 Å². The smallest absolute Gasteiger partial charge is 0.305 e. The Morgan fingerprint density at radius 2 is 2.00 bits per heavy atom. The van der Waals surface area contributed by atoms with Gasteiger partial charge in [-0.2, -0.15) is 0 Å². The third-order valence-corrected chi connectivity index (χ3v) is 2.11. The van der Waals surface area contributed by atoms with Crippen molar-refractivity contribution in [2.24, 2.45) is 0 Å². The largest absolute Gasteiger partial charge is 0.469 e. The number of hydrogen-bond acceptors (Lipinski definition) is 3. The summed E-state index contributed by atoms with van der Waals surface area (Å²) < 4.78 is 4.57. The highest BCUT2D eigenvalue weighted by molar-refractivity contribution is 8.93. The van der Waals surface area contributed by atoms with E-state index >= 15 is 0 Å². The molecule has 0 heterocycles. The van der Waals surface area contributed by atoms with E-state index in [1.807, 2.05) is 14.1 Å². The first kappa shape index (κ1) is 15.4. The summed E-state index contributed by atoms with van der Waals surface area (Å²) in [6.45, 7) is 2.13. The number of hydrogen-bond donors (Lipinski definition) is 0. The van der Waals surface area contributed by atoms with Crippen molar-refractivity contribution in [3.63, 3.8) is 0 Å². The molecule has 1 unspecified atom stereocenters. The fraction of sp³-hybridized carbons (Fsp3) is 0.889. The van der Waals surface area contributed by atoms with Gasteiger partial charge in [-0.05, 0) is 26.9 Å². The Balaban J connectivity index is 0. The number of nitrogens with zero attached hydrogens (tertiary/aromatic N) is 1. The molecule has 1 atom stereocenters. The molecule has 0 fully saturated rings. The Kier molecular flexibility index (Phi) is 10.1. The van der Waals surface area contributed by atoms with Gasteiger partial charge in [-0.25, -0.2) is 0 Å². The van der Waals surface area contributed by atoms with E-state index in [1.165, 1.54) is 7.11 Å². The highest BCUT2D eigenvalue weighted by Crippen LogP contribution is 2.07.